The zero-order chi connectivity index (χ0) is 13.9. The number of fused-ring (bicyclic) bond motifs is 1. The molecule has 0 amide bonds. The Morgan fingerprint density at radius 1 is 1.15 bits per heavy atom. The van der Waals surface area contributed by atoms with E-state index in [0.29, 0.717) is 12.5 Å². The van der Waals surface area contributed by atoms with Crippen molar-refractivity contribution in [2.45, 2.75) is 24.9 Å². The molecule has 2 atom stereocenters. The Morgan fingerprint density at radius 3 is 2.65 bits per heavy atom. The molecule has 0 radical (unpaired) electrons. The summed E-state index contributed by atoms with van der Waals surface area (Å²) in [5, 5.41) is 0. The molecule has 0 saturated carbocycles. The van der Waals surface area contributed by atoms with Crippen molar-refractivity contribution in [3.8, 4) is 5.75 Å². The molecule has 3 rings (SSSR count). The van der Waals surface area contributed by atoms with Crippen molar-refractivity contribution in [2.24, 2.45) is 5.73 Å². The van der Waals surface area contributed by atoms with Gasteiger partial charge in [0.15, 0.2) is 0 Å². The number of hydrogen-bond donors (Lipinski definition) is 1. The van der Waals surface area contributed by atoms with E-state index in [4.69, 9.17) is 10.5 Å². The number of ether oxygens (including phenoxy) is 1. The van der Waals surface area contributed by atoms with E-state index in [1.807, 2.05) is 18.2 Å². The van der Waals surface area contributed by atoms with Gasteiger partial charge in [-0.1, -0.05) is 52.3 Å². The van der Waals surface area contributed by atoms with Crippen LogP contribution in [-0.2, 0) is 6.42 Å². The van der Waals surface area contributed by atoms with Crippen molar-refractivity contribution >= 4 is 15.9 Å². The van der Waals surface area contributed by atoms with E-state index in [-0.39, 0.29) is 6.10 Å². The Labute approximate surface area is 128 Å². The van der Waals surface area contributed by atoms with Crippen LogP contribution in [0.2, 0.25) is 0 Å². The summed E-state index contributed by atoms with van der Waals surface area (Å²) < 4.78 is 7.16. The SMILES string of the molecule is NCC(CC1Cc2ccccc2O1)c1ccccc1Br. The second kappa shape index (κ2) is 5.98. The van der Waals surface area contributed by atoms with E-state index in [1.54, 1.807) is 0 Å². The molecule has 3 heteroatoms. The maximum atomic E-state index is 6.03. The van der Waals surface area contributed by atoms with E-state index < -0.39 is 0 Å². The quantitative estimate of drug-likeness (QED) is 0.922. The Morgan fingerprint density at radius 2 is 1.90 bits per heavy atom. The second-order valence-corrected chi connectivity index (χ2v) is 6.10. The van der Waals surface area contributed by atoms with Crippen molar-refractivity contribution < 1.29 is 4.74 Å². The Balaban J connectivity index is 1.73. The molecular formula is C17H18BrNO. The van der Waals surface area contributed by atoms with E-state index in [2.05, 4.69) is 46.3 Å². The number of benzene rings is 2. The summed E-state index contributed by atoms with van der Waals surface area (Å²) >= 11 is 3.62. The number of rotatable bonds is 4. The Kier molecular flexibility index (Phi) is 4.08. The lowest BCUT2D eigenvalue weighted by Gasteiger charge is -2.20. The zero-order valence-electron chi connectivity index (χ0n) is 11.3. The molecule has 2 aromatic rings. The molecule has 1 aliphatic rings. The molecule has 0 saturated heterocycles. The second-order valence-electron chi connectivity index (χ2n) is 5.24. The molecule has 2 unspecified atom stereocenters. The van der Waals surface area contributed by atoms with Gasteiger partial charge in [0.2, 0.25) is 0 Å². The maximum absolute atomic E-state index is 6.03. The minimum atomic E-state index is 0.230. The summed E-state index contributed by atoms with van der Waals surface area (Å²) in [5.41, 5.74) is 8.56. The lowest BCUT2D eigenvalue weighted by Crippen LogP contribution is -2.22. The van der Waals surface area contributed by atoms with Crippen molar-refractivity contribution in [2.75, 3.05) is 6.54 Å². The van der Waals surface area contributed by atoms with Crippen LogP contribution in [0.4, 0.5) is 0 Å². The first-order valence-electron chi connectivity index (χ1n) is 6.97. The zero-order valence-corrected chi connectivity index (χ0v) is 12.8. The van der Waals surface area contributed by atoms with Crippen LogP contribution >= 0.6 is 15.9 Å². The first-order chi connectivity index (χ1) is 9.78. The van der Waals surface area contributed by atoms with Crippen LogP contribution in [0, 0.1) is 0 Å². The summed E-state index contributed by atoms with van der Waals surface area (Å²) in [5.74, 6) is 1.35. The van der Waals surface area contributed by atoms with E-state index in [1.165, 1.54) is 11.1 Å². The minimum absolute atomic E-state index is 0.230. The molecule has 1 aliphatic heterocycles. The predicted octanol–water partition coefficient (Wildman–Crippen LogP) is 3.89. The van der Waals surface area contributed by atoms with Gasteiger partial charge in [-0.2, -0.15) is 0 Å². The van der Waals surface area contributed by atoms with Crippen LogP contribution < -0.4 is 10.5 Å². The van der Waals surface area contributed by atoms with Crippen LogP contribution in [0.15, 0.2) is 53.0 Å². The van der Waals surface area contributed by atoms with E-state index in [0.717, 1.165) is 23.1 Å². The third kappa shape index (κ3) is 2.74. The van der Waals surface area contributed by atoms with Gasteiger partial charge >= 0.3 is 0 Å². The van der Waals surface area contributed by atoms with E-state index in [9.17, 15) is 0 Å². The molecule has 0 bridgehead atoms. The van der Waals surface area contributed by atoms with Gasteiger partial charge in [0.1, 0.15) is 11.9 Å². The third-order valence-corrected chi connectivity index (χ3v) is 4.61. The monoisotopic (exact) mass is 331 g/mol. The molecule has 20 heavy (non-hydrogen) atoms. The van der Waals surface area contributed by atoms with Gasteiger partial charge in [0.05, 0.1) is 0 Å². The molecule has 0 spiro atoms. The molecule has 0 aliphatic carbocycles. The molecule has 104 valence electrons. The van der Waals surface area contributed by atoms with Crippen molar-refractivity contribution in [3.63, 3.8) is 0 Å². The molecule has 0 fully saturated rings. The van der Waals surface area contributed by atoms with Crippen LogP contribution in [0.25, 0.3) is 0 Å². The molecule has 2 aromatic carbocycles. The fourth-order valence-electron chi connectivity index (χ4n) is 2.86. The Bertz CT molecular complexity index is 574. The highest BCUT2D eigenvalue weighted by Crippen LogP contribution is 2.34. The van der Waals surface area contributed by atoms with Gasteiger partial charge in [-0.15, -0.1) is 0 Å². The summed E-state index contributed by atoms with van der Waals surface area (Å²) in [6, 6.07) is 16.6. The number of para-hydroxylation sites is 1. The average molecular weight is 332 g/mol. The first-order valence-corrected chi connectivity index (χ1v) is 7.76. The summed E-state index contributed by atoms with van der Waals surface area (Å²) in [4.78, 5) is 0. The number of hydrogen-bond acceptors (Lipinski definition) is 2. The van der Waals surface area contributed by atoms with Gasteiger partial charge in [-0.05, 0) is 36.2 Å². The normalized spacial score (nSPS) is 18.4. The van der Waals surface area contributed by atoms with E-state index >= 15 is 0 Å². The minimum Gasteiger partial charge on any atom is -0.490 e. The molecule has 1 heterocycles. The van der Waals surface area contributed by atoms with Crippen LogP contribution in [0.1, 0.15) is 23.5 Å². The van der Waals surface area contributed by atoms with Gasteiger partial charge in [-0.25, -0.2) is 0 Å². The van der Waals surface area contributed by atoms with Crippen molar-refractivity contribution in [1.29, 1.82) is 0 Å². The highest BCUT2D eigenvalue weighted by molar-refractivity contribution is 9.10. The summed E-state index contributed by atoms with van der Waals surface area (Å²) in [6.07, 6.45) is 2.17. The molecular weight excluding hydrogens is 314 g/mol. The topological polar surface area (TPSA) is 35.2 Å². The largest absolute Gasteiger partial charge is 0.490 e. The lowest BCUT2D eigenvalue weighted by atomic mass is 9.92. The Hall–Kier alpha value is -1.32. The molecule has 2 nitrogen and oxygen atoms in total. The lowest BCUT2D eigenvalue weighted by molar-refractivity contribution is 0.210. The summed E-state index contributed by atoms with van der Waals surface area (Å²) in [6.45, 7) is 0.638. The standard InChI is InChI=1S/C17H18BrNO/c18-16-7-3-2-6-15(16)13(11-19)10-14-9-12-5-1-4-8-17(12)20-14/h1-8,13-14H,9-11,19H2. The van der Waals surface area contributed by atoms with Crippen LogP contribution in [-0.4, -0.2) is 12.6 Å². The van der Waals surface area contributed by atoms with Gasteiger partial charge in [0.25, 0.3) is 0 Å². The predicted molar refractivity (Wildman–Crippen MR) is 85.1 cm³/mol. The van der Waals surface area contributed by atoms with Crippen LogP contribution in [0.5, 0.6) is 5.75 Å². The third-order valence-electron chi connectivity index (χ3n) is 3.89. The van der Waals surface area contributed by atoms with Gasteiger partial charge in [-0.3, -0.25) is 0 Å². The number of halogens is 1. The van der Waals surface area contributed by atoms with Crippen LogP contribution in [0.3, 0.4) is 0 Å². The van der Waals surface area contributed by atoms with Crippen molar-refractivity contribution in [3.05, 3.63) is 64.1 Å². The highest BCUT2D eigenvalue weighted by Gasteiger charge is 2.26. The van der Waals surface area contributed by atoms with Gasteiger partial charge < -0.3 is 10.5 Å². The fraction of sp³-hybridized carbons (Fsp3) is 0.294. The van der Waals surface area contributed by atoms with Gasteiger partial charge in [0, 0.05) is 16.8 Å². The summed E-state index contributed by atoms with van der Waals surface area (Å²) in [7, 11) is 0. The van der Waals surface area contributed by atoms with Crippen molar-refractivity contribution in [1.82, 2.24) is 0 Å². The number of nitrogens with two attached hydrogens (primary N) is 1. The fourth-order valence-corrected chi connectivity index (χ4v) is 3.47. The molecule has 0 aromatic heterocycles. The first kappa shape index (κ1) is 13.7. The highest BCUT2D eigenvalue weighted by atomic mass is 79.9. The maximum Gasteiger partial charge on any atom is 0.123 e. The average Bonchev–Trinajstić information content (AvgIpc) is 2.88. The molecule has 2 N–H and O–H groups in total. The smallest absolute Gasteiger partial charge is 0.123 e.